The molecule has 2 aromatic carbocycles. The maximum atomic E-state index is 13.1. The zero-order chi connectivity index (χ0) is 21.1. The number of likely N-dealkylation sites (N-methyl/N-ethyl adjacent to an activating group) is 1. The Morgan fingerprint density at radius 2 is 1.83 bits per heavy atom. The van der Waals surface area contributed by atoms with E-state index >= 15 is 0 Å². The van der Waals surface area contributed by atoms with Crippen molar-refractivity contribution in [2.24, 2.45) is 0 Å². The Bertz CT molecular complexity index is 1010. The second-order valence-corrected chi connectivity index (χ2v) is 8.90. The smallest absolute Gasteiger partial charge is 0.252 e. The van der Waals surface area contributed by atoms with Crippen LogP contribution in [-0.2, 0) is 0 Å². The Labute approximate surface area is 183 Å². The Morgan fingerprint density at radius 1 is 1.03 bits per heavy atom. The molecule has 3 aromatic rings. The van der Waals surface area contributed by atoms with Crippen LogP contribution in [0.4, 0.5) is 5.69 Å². The summed E-state index contributed by atoms with van der Waals surface area (Å²) >= 11 is 1.69. The third kappa shape index (κ3) is 4.58. The van der Waals surface area contributed by atoms with E-state index in [1.54, 1.807) is 11.3 Å². The van der Waals surface area contributed by atoms with Crippen molar-refractivity contribution in [2.75, 3.05) is 38.1 Å². The molecular weight excluding hydrogens is 390 g/mol. The van der Waals surface area contributed by atoms with Gasteiger partial charge in [-0.25, -0.2) is 0 Å². The molecule has 1 aliphatic rings. The monoisotopic (exact) mass is 419 g/mol. The lowest BCUT2D eigenvalue weighted by atomic mass is 10.0. The van der Waals surface area contributed by atoms with E-state index < -0.39 is 0 Å². The van der Waals surface area contributed by atoms with Crippen LogP contribution in [0.25, 0.3) is 11.1 Å². The van der Waals surface area contributed by atoms with Crippen LogP contribution in [0.3, 0.4) is 0 Å². The molecule has 0 saturated carbocycles. The van der Waals surface area contributed by atoms with Gasteiger partial charge in [0.15, 0.2) is 0 Å². The number of thiophene rings is 1. The molecule has 0 unspecified atom stereocenters. The van der Waals surface area contributed by atoms with Crippen LogP contribution < -0.4 is 10.2 Å². The maximum Gasteiger partial charge on any atom is 0.252 e. The van der Waals surface area contributed by atoms with E-state index in [0.717, 1.165) is 48.6 Å². The molecule has 1 amide bonds. The van der Waals surface area contributed by atoms with Crippen molar-refractivity contribution in [1.82, 2.24) is 10.2 Å². The molecule has 2 heterocycles. The van der Waals surface area contributed by atoms with E-state index in [2.05, 4.69) is 75.4 Å². The number of rotatable bonds is 5. The molecule has 1 N–H and O–H groups in total. The van der Waals surface area contributed by atoms with Crippen LogP contribution in [0.1, 0.15) is 34.5 Å². The van der Waals surface area contributed by atoms with Crippen molar-refractivity contribution >= 4 is 22.9 Å². The number of carbonyl (C=O) groups excluding carboxylic acids is 1. The summed E-state index contributed by atoms with van der Waals surface area (Å²) in [5, 5.41) is 7.43. The largest absolute Gasteiger partial charge is 0.369 e. The predicted octanol–water partition coefficient (Wildman–Crippen LogP) is 4.97. The van der Waals surface area contributed by atoms with Gasteiger partial charge >= 0.3 is 0 Å². The molecule has 5 heteroatoms. The second-order valence-electron chi connectivity index (χ2n) is 8.12. The Balaban J connectivity index is 1.49. The molecule has 1 saturated heterocycles. The van der Waals surface area contributed by atoms with Crippen molar-refractivity contribution in [3.8, 4) is 11.1 Å². The number of hydrogen-bond donors (Lipinski definition) is 1. The van der Waals surface area contributed by atoms with Crippen molar-refractivity contribution in [1.29, 1.82) is 0 Å². The number of piperazine rings is 1. The van der Waals surface area contributed by atoms with Crippen molar-refractivity contribution in [3.63, 3.8) is 0 Å². The third-order valence-electron chi connectivity index (χ3n) is 5.92. The number of aryl methyl sites for hydroxylation is 1. The fourth-order valence-corrected chi connectivity index (χ4v) is 4.55. The van der Waals surface area contributed by atoms with Gasteiger partial charge < -0.3 is 15.1 Å². The van der Waals surface area contributed by atoms with Crippen molar-refractivity contribution in [3.05, 3.63) is 76.0 Å². The van der Waals surface area contributed by atoms with Gasteiger partial charge in [0.2, 0.25) is 0 Å². The lowest BCUT2D eigenvalue weighted by Gasteiger charge is -2.34. The minimum atomic E-state index is -0.0669. The van der Waals surface area contributed by atoms with E-state index in [1.807, 2.05) is 19.9 Å². The molecule has 1 atom stereocenters. The lowest BCUT2D eigenvalue weighted by molar-refractivity contribution is 0.0939. The standard InChI is InChI=1S/C25H29N3OS/c1-18-7-8-23(28-12-10-27(3)11-13-28)16-24(18)25(29)26-19(2)20-5-4-6-21(15-20)22-9-14-30-17-22/h4-9,14-17,19H,10-13H2,1-3H3,(H,26,29)/t19-/m1/s1. The van der Waals surface area contributed by atoms with Gasteiger partial charge in [0.1, 0.15) is 0 Å². The summed E-state index contributed by atoms with van der Waals surface area (Å²) in [5.41, 5.74) is 6.40. The van der Waals surface area contributed by atoms with Crippen LogP contribution in [0.2, 0.25) is 0 Å². The SMILES string of the molecule is Cc1ccc(N2CCN(C)CC2)cc1C(=O)N[C@H](C)c1cccc(-c2ccsc2)c1. The van der Waals surface area contributed by atoms with Crippen LogP contribution in [0.5, 0.6) is 0 Å². The molecule has 30 heavy (non-hydrogen) atoms. The maximum absolute atomic E-state index is 13.1. The summed E-state index contributed by atoms with van der Waals surface area (Å²) < 4.78 is 0. The first-order valence-corrected chi connectivity index (χ1v) is 11.4. The Hall–Kier alpha value is -2.63. The van der Waals surface area contributed by atoms with Crippen LogP contribution >= 0.6 is 11.3 Å². The van der Waals surface area contributed by atoms with E-state index in [9.17, 15) is 4.79 Å². The zero-order valence-electron chi connectivity index (χ0n) is 17.9. The van der Waals surface area contributed by atoms with Gasteiger partial charge in [-0.15, -0.1) is 0 Å². The molecule has 0 aliphatic carbocycles. The van der Waals surface area contributed by atoms with E-state index in [-0.39, 0.29) is 11.9 Å². The van der Waals surface area contributed by atoms with Gasteiger partial charge in [-0.2, -0.15) is 11.3 Å². The molecule has 156 valence electrons. The molecule has 4 rings (SSSR count). The molecule has 4 nitrogen and oxygen atoms in total. The number of nitrogens with one attached hydrogen (secondary N) is 1. The van der Waals surface area contributed by atoms with Gasteiger partial charge in [0.25, 0.3) is 5.91 Å². The van der Waals surface area contributed by atoms with E-state index in [0.29, 0.717) is 0 Å². The fraction of sp³-hybridized carbons (Fsp3) is 0.320. The molecule has 1 fully saturated rings. The lowest BCUT2D eigenvalue weighted by Crippen LogP contribution is -2.44. The molecule has 0 bridgehead atoms. The highest BCUT2D eigenvalue weighted by Crippen LogP contribution is 2.26. The van der Waals surface area contributed by atoms with Crippen LogP contribution in [0.15, 0.2) is 59.3 Å². The number of carbonyl (C=O) groups is 1. The summed E-state index contributed by atoms with van der Waals surface area (Å²) in [6.07, 6.45) is 0. The molecule has 1 aromatic heterocycles. The number of nitrogens with zero attached hydrogens (tertiary/aromatic N) is 2. The Morgan fingerprint density at radius 3 is 2.57 bits per heavy atom. The van der Waals surface area contributed by atoms with Crippen LogP contribution in [-0.4, -0.2) is 44.0 Å². The highest BCUT2D eigenvalue weighted by molar-refractivity contribution is 7.08. The first kappa shape index (κ1) is 20.6. The highest BCUT2D eigenvalue weighted by atomic mass is 32.1. The summed E-state index contributed by atoms with van der Waals surface area (Å²) in [7, 11) is 2.15. The first-order valence-electron chi connectivity index (χ1n) is 10.5. The predicted molar refractivity (Wildman–Crippen MR) is 127 cm³/mol. The average molecular weight is 420 g/mol. The average Bonchev–Trinajstić information content (AvgIpc) is 3.30. The second kappa shape index (κ2) is 9.02. The van der Waals surface area contributed by atoms with Gasteiger partial charge in [-0.1, -0.05) is 24.3 Å². The molecule has 0 spiro atoms. The van der Waals surface area contributed by atoms with Crippen LogP contribution in [0, 0.1) is 6.92 Å². The van der Waals surface area contributed by atoms with Crippen molar-refractivity contribution < 1.29 is 4.79 Å². The zero-order valence-corrected chi connectivity index (χ0v) is 18.7. The van der Waals surface area contributed by atoms with E-state index in [1.165, 1.54) is 11.1 Å². The normalized spacial score (nSPS) is 15.8. The van der Waals surface area contributed by atoms with Crippen molar-refractivity contribution in [2.45, 2.75) is 19.9 Å². The van der Waals surface area contributed by atoms with Gasteiger partial charge in [0, 0.05) is 37.4 Å². The molecular formula is C25H29N3OS. The number of anilines is 1. The fourth-order valence-electron chi connectivity index (χ4n) is 3.89. The minimum Gasteiger partial charge on any atom is -0.369 e. The summed E-state index contributed by atoms with van der Waals surface area (Å²) in [6, 6.07) is 16.7. The summed E-state index contributed by atoms with van der Waals surface area (Å²) in [5.74, 6) is -0.0167. The topological polar surface area (TPSA) is 35.6 Å². The first-order chi connectivity index (χ1) is 14.5. The Kier molecular flexibility index (Phi) is 6.21. The molecule has 0 radical (unpaired) electrons. The van der Waals surface area contributed by atoms with E-state index in [4.69, 9.17) is 0 Å². The number of amides is 1. The quantitative estimate of drug-likeness (QED) is 0.634. The molecule has 1 aliphatic heterocycles. The van der Waals surface area contributed by atoms with Gasteiger partial charge in [-0.3, -0.25) is 4.79 Å². The summed E-state index contributed by atoms with van der Waals surface area (Å²) in [6.45, 7) is 8.13. The highest BCUT2D eigenvalue weighted by Gasteiger charge is 2.18. The number of benzene rings is 2. The van der Waals surface area contributed by atoms with Gasteiger partial charge in [0.05, 0.1) is 6.04 Å². The third-order valence-corrected chi connectivity index (χ3v) is 6.61. The van der Waals surface area contributed by atoms with Gasteiger partial charge in [-0.05, 0) is 78.2 Å². The summed E-state index contributed by atoms with van der Waals surface area (Å²) in [4.78, 5) is 17.8. The minimum absolute atomic E-state index is 0.0167. The number of hydrogen-bond acceptors (Lipinski definition) is 4.